The Morgan fingerprint density at radius 2 is 1.80 bits per heavy atom. The molecule has 0 unspecified atom stereocenters. The lowest BCUT2D eigenvalue weighted by Crippen LogP contribution is -1.99. The third kappa shape index (κ3) is 3.64. The summed E-state index contributed by atoms with van der Waals surface area (Å²) in [5, 5.41) is 10.2. The van der Waals surface area contributed by atoms with Crippen LogP contribution in [0.2, 0.25) is 0 Å². The van der Waals surface area contributed by atoms with Crippen LogP contribution in [0.5, 0.6) is 11.5 Å². The van der Waals surface area contributed by atoms with E-state index in [-0.39, 0.29) is 4.88 Å². The maximum atomic E-state index is 11.6. The van der Waals surface area contributed by atoms with E-state index in [1.807, 2.05) is 36.4 Å². The highest BCUT2D eigenvalue weighted by Gasteiger charge is 2.19. The van der Waals surface area contributed by atoms with E-state index in [1.54, 1.807) is 26.4 Å². The molecular weight excluding hydrogens is 338 g/mol. The molecule has 6 heteroatoms. The highest BCUT2D eigenvalue weighted by atomic mass is 32.1. The topological polar surface area (TPSA) is 68.7 Å². The first kappa shape index (κ1) is 17.0. The molecule has 0 aliphatic carbocycles. The van der Waals surface area contributed by atoms with Gasteiger partial charge in [0.25, 0.3) is 0 Å². The number of carbonyl (C=O) groups is 1. The number of methoxy groups -OCH3 is 2. The summed E-state index contributed by atoms with van der Waals surface area (Å²) in [5.41, 5.74) is 2.38. The van der Waals surface area contributed by atoms with Crippen LogP contribution in [0.1, 0.15) is 20.9 Å². The number of carboxylic acid groups (broad SMARTS) is 1. The second-order valence-electron chi connectivity index (χ2n) is 5.33. The van der Waals surface area contributed by atoms with E-state index in [9.17, 15) is 9.90 Å². The molecule has 128 valence electrons. The van der Waals surface area contributed by atoms with E-state index in [0.717, 1.165) is 11.1 Å². The molecular formula is C19H17NO4S. The molecule has 0 saturated heterocycles. The summed E-state index contributed by atoms with van der Waals surface area (Å²) in [7, 11) is 3.13. The number of rotatable bonds is 6. The second-order valence-corrected chi connectivity index (χ2v) is 6.33. The minimum atomic E-state index is -0.963. The lowest BCUT2D eigenvalue weighted by atomic mass is 10.1. The minimum Gasteiger partial charge on any atom is -0.493 e. The van der Waals surface area contributed by atoms with Gasteiger partial charge in [0.2, 0.25) is 0 Å². The van der Waals surface area contributed by atoms with Gasteiger partial charge in [0.15, 0.2) is 11.5 Å². The maximum Gasteiger partial charge on any atom is 0.347 e. The number of hydrogen-bond donors (Lipinski definition) is 1. The Morgan fingerprint density at radius 3 is 2.44 bits per heavy atom. The zero-order chi connectivity index (χ0) is 17.8. The Hall–Kier alpha value is -2.86. The van der Waals surface area contributed by atoms with Gasteiger partial charge in [-0.2, -0.15) is 0 Å². The fourth-order valence-electron chi connectivity index (χ4n) is 2.52. The lowest BCUT2D eigenvalue weighted by Gasteiger charge is -2.08. The van der Waals surface area contributed by atoms with Crippen molar-refractivity contribution >= 4 is 17.3 Å². The van der Waals surface area contributed by atoms with Gasteiger partial charge in [-0.25, -0.2) is 9.78 Å². The summed E-state index contributed by atoms with van der Waals surface area (Å²) >= 11 is 1.17. The van der Waals surface area contributed by atoms with Gasteiger partial charge in [-0.05, 0) is 23.8 Å². The summed E-state index contributed by atoms with van der Waals surface area (Å²) in [6, 6.07) is 15.1. The van der Waals surface area contributed by atoms with Crippen LogP contribution < -0.4 is 9.47 Å². The maximum absolute atomic E-state index is 11.6. The van der Waals surface area contributed by atoms with Crippen molar-refractivity contribution in [3.05, 3.63) is 64.7 Å². The van der Waals surface area contributed by atoms with Crippen molar-refractivity contribution in [2.75, 3.05) is 14.2 Å². The molecule has 3 rings (SSSR count). The van der Waals surface area contributed by atoms with Crippen molar-refractivity contribution in [2.24, 2.45) is 0 Å². The van der Waals surface area contributed by atoms with Crippen molar-refractivity contribution in [2.45, 2.75) is 6.42 Å². The second kappa shape index (κ2) is 7.36. The number of carboxylic acids is 1. The zero-order valence-corrected chi connectivity index (χ0v) is 14.7. The van der Waals surface area contributed by atoms with Crippen LogP contribution in [0.25, 0.3) is 10.6 Å². The molecule has 0 amide bonds. The fraction of sp³-hybridized carbons (Fsp3) is 0.158. The van der Waals surface area contributed by atoms with E-state index < -0.39 is 5.97 Å². The molecule has 0 aliphatic heterocycles. The Bertz CT molecular complexity index is 890. The molecule has 1 aromatic heterocycles. The van der Waals surface area contributed by atoms with Crippen LogP contribution in [0.15, 0.2) is 48.5 Å². The largest absolute Gasteiger partial charge is 0.493 e. The molecule has 2 aromatic carbocycles. The van der Waals surface area contributed by atoms with Gasteiger partial charge in [0, 0.05) is 12.0 Å². The number of aromatic nitrogens is 1. The van der Waals surface area contributed by atoms with Crippen molar-refractivity contribution < 1.29 is 19.4 Å². The number of ether oxygens (including phenoxy) is 2. The summed E-state index contributed by atoms with van der Waals surface area (Å²) in [6.07, 6.45) is 0.478. The zero-order valence-electron chi connectivity index (χ0n) is 13.9. The fourth-order valence-corrected chi connectivity index (χ4v) is 3.44. The monoisotopic (exact) mass is 355 g/mol. The third-order valence-corrected chi connectivity index (χ3v) is 4.87. The molecule has 3 aromatic rings. The Morgan fingerprint density at radius 1 is 1.08 bits per heavy atom. The summed E-state index contributed by atoms with van der Waals surface area (Å²) < 4.78 is 10.6. The van der Waals surface area contributed by atoms with E-state index in [0.29, 0.717) is 28.6 Å². The normalized spacial score (nSPS) is 10.5. The lowest BCUT2D eigenvalue weighted by molar-refractivity contribution is 0.0701. The average Bonchev–Trinajstić information content (AvgIpc) is 3.06. The average molecular weight is 355 g/mol. The Labute approximate surface area is 149 Å². The van der Waals surface area contributed by atoms with Crippen molar-refractivity contribution in [3.63, 3.8) is 0 Å². The SMILES string of the molecule is COc1ccc(-c2nc(Cc3ccccc3)c(C(=O)O)s2)cc1OC. The smallest absolute Gasteiger partial charge is 0.347 e. The van der Waals surface area contributed by atoms with Gasteiger partial charge in [0.05, 0.1) is 19.9 Å². The highest BCUT2D eigenvalue weighted by molar-refractivity contribution is 7.17. The number of benzene rings is 2. The number of hydrogen-bond acceptors (Lipinski definition) is 5. The van der Waals surface area contributed by atoms with Crippen LogP contribution in [-0.2, 0) is 6.42 Å². The van der Waals surface area contributed by atoms with Crippen molar-refractivity contribution in [1.82, 2.24) is 4.98 Å². The summed E-state index contributed by atoms with van der Waals surface area (Å²) in [6.45, 7) is 0. The van der Waals surface area contributed by atoms with Gasteiger partial charge in [-0.3, -0.25) is 0 Å². The van der Waals surface area contributed by atoms with Crippen LogP contribution in [0.3, 0.4) is 0 Å². The first-order valence-electron chi connectivity index (χ1n) is 7.61. The molecule has 0 saturated carbocycles. The van der Waals surface area contributed by atoms with Crippen LogP contribution in [-0.4, -0.2) is 30.3 Å². The number of aromatic carboxylic acids is 1. The summed E-state index contributed by atoms with van der Waals surface area (Å²) in [4.78, 5) is 16.4. The predicted molar refractivity (Wildman–Crippen MR) is 96.9 cm³/mol. The molecule has 5 nitrogen and oxygen atoms in total. The number of nitrogens with zero attached hydrogens (tertiary/aromatic N) is 1. The van der Waals surface area contributed by atoms with Crippen molar-refractivity contribution in [3.8, 4) is 22.1 Å². The van der Waals surface area contributed by atoms with Crippen molar-refractivity contribution in [1.29, 1.82) is 0 Å². The molecule has 0 fully saturated rings. The van der Waals surface area contributed by atoms with E-state index >= 15 is 0 Å². The molecule has 1 heterocycles. The molecule has 0 aliphatic rings. The molecule has 0 spiro atoms. The minimum absolute atomic E-state index is 0.258. The predicted octanol–water partition coefficient (Wildman–Crippen LogP) is 4.12. The quantitative estimate of drug-likeness (QED) is 0.720. The third-order valence-electron chi connectivity index (χ3n) is 3.74. The van der Waals surface area contributed by atoms with Gasteiger partial charge in [-0.15, -0.1) is 11.3 Å². The standard InChI is InChI=1S/C19H17NO4S/c1-23-15-9-8-13(11-16(15)24-2)18-20-14(17(25-18)19(21)22)10-12-6-4-3-5-7-12/h3-9,11H,10H2,1-2H3,(H,21,22). The van der Waals surface area contributed by atoms with Crippen LogP contribution in [0, 0.1) is 0 Å². The van der Waals surface area contributed by atoms with E-state index in [2.05, 4.69) is 4.98 Å². The van der Waals surface area contributed by atoms with Gasteiger partial charge < -0.3 is 14.6 Å². The van der Waals surface area contributed by atoms with Crippen LogP contribution >= 0.6 is 11.3 Å². The van der Waals surface area contributed by atoms with Crippen LogP contribution in [0.4, 0.5) is 0 Å². The van der Waals surface area contributed by atoms with E-state index in [4.69, 9.17) is 9.47 Å². The first-order valence-corrected chi connectivity index (χ1v) is 8.43. The Kier molecular flexibility index (Phi) is 5.00. The Balaban J connectivity index is 2.00. The molecule has 25 heavy (non-hydrogen) atoms. The highest BCUT2D eigenvalue weighted by Crippen LogP contribution is 2.35. The summed E-state index contributed by atoms with van der Waals surface area (Å²) in [5.74, 6) is 0.234. The number of thiazole rings is 1. The van der Waals surface area contributed by atoms with E-state index in [1.165, 1.54) is 11.3 Å². The van der Waals surface area contributed by atoms with Gasteiger partial charge >= 0.3 is 5.97 Å². The first-order chi connectivity index (χ1) is 12.1. The molecule has 1 N–H and O–H groups in total. The molecule has 0 bridgehead atoms. The van der Waals surface area contributed by atoms with Gasteiger partial charge in [0.1, 0.15) is 9.88 Å². The molecule has 0 atom stereocenters. The van der Waals surface area contributed by atoms with Gasteiger partial charge in [-0.1, -0.05) is 30.3 Å². The molecule has 0 radical (unpaired) electrons.